The van der Waals surface area contributed by atoms with Gasteiger partial charge < -0.3 is 14.8 Å². The number of benzene rings is 2. The van der Waals surface area contributed by atoms with Gasteiger partial charge in [0.1, 0.15) is 17.5 Å². The van der Waals surface area contributed by atoms with Crippen LogP contribution in [-0.2, 0) is 9.59 Å². The Morgan fingerprint density at radius 2 is 1.80 bits per heavy atom. The molecule has 1 aliphatic heterocycles. The average Bonchev–Trinajstić information content (AvgIpc) is 2.90. The van der Waals surface area contributed by atoms with E-state index in [1.165, 1.54) is 7.11 Å². The lowest BCUT2D eigenvalue weighted by atomic mass is 10.2. The van der Waals surface area contributed by atoms with Crippen LogP contribution in [-0.4, -0.2) is 32.1 Å². The van der Waals surface area contributed by atoms with Gasteiger partial charge in [0.15, 0.2) is 0 Å². The molecule has 0 unspecified atom stereocenters. The zero-order valence-electron chi connectivity index (χ0n) is 13.8. The summed E-state index contributed by atoms with van der Waals surface area (Å²) >= 11 is 3.37. The molecule has 1 heterocycles. The second kappa shape index (κ2) is 7.14. The molecule has 0 aliphatic carbocycles. The van der Waals surface area contributed by atoms with Gasteiger partial charge in [0.2, 0.25) is 5.91 Å². The van der Waals surface area contributed by atoms with Crippen LogP contribution in [0.5, 0.6) is 11.5 Å². The fourth-order valence-electron chi connectivity index (χ4n) is 2.71. The molecular weight excluding hydrogens is 388 g/mol. The Hall–Kier alpha value is -2.54. The molecule has 1 atom stereocenters. The Balaban J connectivity index is 1.85. The van der Waals surface area contributed by atoms with E-state index in [1.54, 1.807) is 25.3 Å². The van der Waals surface area contributed by atoms with Gasteiger partial charge in [-0.1, -0.05) is 15.9 Å². The summed E-state index contributed by atoms with van der Waals surface area (Å²) in [5.74, 6) is 0.411. The topological polar surface area (TPSA) is 67.9 Å². The number of carbonyl (C=O) groups is 2. The summed E-state index contributed by atoms with van der Waals surface area (Å²) in [6, 6.07) is 11.8. The van der Waals surface area contributed by atoms with Gasteiger partial charge in [-0.2, -0.15) is 0 Å². The molecule has 25 heavy (non-hydrogen) atoms. The smallest absolute Gasteiger partial charge is 0.256 e. The summed E-state index contributed by atoms with van der Waals surface area (Å²) in [5.41, 5.74) is 1.19. The standard InChI is InChI=1S/C18H17BrN2O4/c1-24-13-7-8-15(16(9-13)25-2)21-17(22)10-14(18(21)23)20-12-5-3-11(19)4-6-12/h3-9,14,20H,10H2,1-2H3/t14-/m1/s1. The molecule has 2 aromatic rings. The van der Waals surface area contributed by atoms with Crippen LogP contribution in [0.1, 0.15) is 6.42 Å². The maximum atomic E-state index is 12.8. The molecule has 130 valence electrons. The number of nitrogens with zero attached hydrogens (tertiary/aromatic N) is 1. The highest BCUT2D eigenvalue weighted by molar-refractivity contribution is 9.10. The largest absolute Gasteiger partial charge is 0.497 e. The summed E-state index contributed by atoms with van der Waals surface area (Å²) in [5, 5.41) is 3.11. The van der Waals surface area contributed by atoms with Crippen molar-refractivity contribution in [3.8, 4) is 11.5 Å². The molecule has 1 N–H and O–H groups in total. The number of nitrogens with one attached hydrogen (secondary N) is 1. The maximum absolute atomic E-state index is 12.8. The van der Waals surface area contributed by atoms with Crippen LogP contribution in [0.4, 0.5) is 11.4 Å². The Morgan fingerprint density at radius 3 is 2.44 bits per heavy atom. The lowest BCUT2D eigenvalue weighted by Gasteiger charge is -2.19. The van der Waals surface area contributed by atoms with Crippen molar-refractivity contribution in [2.45, 2.75) is 12.5 Å². The molecule has 0 bridgehead atoms. The van der Waals surface area contributed by atoms with E-state index < -0.39 is 6.04 Å². The molecule has 1 aliphatic rings. The van der Waals surface area contributed by atoms with Crippen LogP contribution < -0.4 is 19.7 Å². The highest BCUT2D eigenvalue weighted by Crippen LogP contribution is 2.35. The minimum atomic E-state index is -0.611. The fourth-order valence-corrected chi connectivity index (χ4v) is 2.98. The summed E-state index contributed by atoms with van der Waals surface area (Å²) in [4.78, 5) is 26.4. The molecule has 2 amide bonds. The first-order valence-electron chi connectivity index (χ1n) is 7.64. The number of carbonyl (C=O) groups excluding carboxylic acids is 2. The number of halogens is 1. The van der Waals surface area contributed by atoms with Crippen molar-refractivity contribution in [1.29, 1.82) is 0 Å². The molecule has 0 saturated carbocycles. The van der Waals surface area contributed by atoms with Crippen LogP contribution >= 0.6 is 15.9 Å². The highest BCUT2D eigenvalue weighted by Gasteiger charge is 2.40. The first-order valence-corrected chi connectivity index (χ1v) is 8.43. The van der Waals surface area contributed by atoms with Gasteiger partial charge in [-0.25, -0.2) is 4.90 Å². The normalized spacial score (nSPS) is 16.9. The van der Waals surface area contributed by atoms with Gasteiger partial charge in [-0.15, -0.1) is 0 Å². The third-order valence-electron chi connectivity index (χ3n) is 3.96. The van der Waals surface area contributed by atoms with Crippen molar-refractivity contribution in [3.05, 3.63) is 46.9 Å². The van der Waals surface area contributed by atoms with Crippen LogP contribution in [0, 0.1) is 0 Å². The molecule has 0 aromatic heterocycles. The number of ether oxygens (including phenoxy) is 2. The van der Waals surface area contributed by atoms with Crippen LogP contribution in [0.15, 0.2) is 46.9 Å². The zero-order valence-corrected chi connectivity index (χ0v) is 15.4. The van der Waals surface area contributed by atoms with Crippen LogP contribution in [0.2, 0.25) is 0 Å². The lowest BCUT2D eigenvalue weighted by molar-refractivity contribution is -0.121. The minimum Gasteiger partial charge on any atom is -0.497 e. The highest BCUT2D eigenvalue weighted by atomic mass is 79.9. The molecule has 0 spiro atoms. The summed E-state index contributed by atoms with van der Waals surface area (Å²) in [6.45, 7) is 0. The van der Waals surface area contributed by atoms with E-state index >= 15 is 0 Å². The molecule has 2 aromatic carbocycles. The van der Waals surface area contributed by atoms with E-state index in [9.17, 15) is 9.59 Å². The summed E-state index contributed by atoms with van der Waals surface area (Å²) in [6.07, 6.45) is 0.0874. The van der Waals surface area contributed by atoms with E-state index in [-0.39, 0.29) is 18.2 Å². The van der Waals surface area contributed by atoms with Gasteiger partial charge >= 0.3 is 0 Å². The average molecular weight is 405 g/mol. The quantitative estimate of drug-likeness (QED) is 0.774. The zero-order chi connectivity index (χ0) is 18.0. The lowest BCUT2D eigenvalue weighted by Crippen LogP contribution is -2.35. The molecule has 6 nitrogen and oxygen atoms in total. The number of hydrogen-bond acceptors (Lipinski definition) is 5. The van der Waals surface area contributed by atoms with E-state index in [0.29, 0.717) is 17.2 Å². The summed E-state index contributed by atoms with van der Waals surface area (Å²) < 4.78 is 11.4. The first kappa shape index (κ1) is 17.3. The number of anilines is 2. The second-order valence-corrected chi connectivity index (χ2v) is 6.43. The van der Waals surface area contributed by atoms with Crippen molar-refractivity contribution in [2.75, 3.05) is 24.4 Å². The Bertz CT molecular complexity index is 807. The van der Waals surface area contributed by atoms with Crippen LogP contribution in [0.25, 0.3) is 0 Å². The Labute approximate surface area is 153 Å². The van der Waals surface area contributed by atoms with Crippen molar-refractivity contribution in [2.24, 2.45) is 0 Å². The Kier molecular flexibility index (Phi) is 4.94. The molecule has 7 heteroatoms. The van der Waals surface area contributed by atoms with E-state index in [1.807, 2.05) is 24.3 Å². The summed E-state index contributed by atoms with van der Waals surface area (Å²) in [7, 11) is 3.03. The number of amides is 2. The van der Waals surface area contributed by atoms with Crippen molar-refractivity contribution in [3.63, 3.8) is 0 Å². The van der Waals surface area contributed by atoms with E-state index in [0.717, 1.165) is 15.1 Å². The van der Waals surface area contributed by atoms with Gasteiger partial charge in [-0.05, 0) is 36.4 Å². The fraction of sp³-hybridized carbons (Fsp3) is 0.222. The third kappa shape index (κ3) is 3.46. The van der Waals surface area contributed by atoms with Gasteiger partial charge in [0.25, 0.3) is 5.91 Å². The number of methoxy groups -OCH3 is 2. The third-order valence-corrected chi connectivity index (χ3v) is 4.49. The predicted molar refractivity (Wildman–Crippen MR) is 98.2 cm³/mol. The van der Waals surface area contributed by atoms with Crippen molar-refractivity contribution in [1.82, 2.24) is 0 Å². The SMILES string of the molecule is COc1ccc(N2C(=O)C[C@@H](Nc3ccc(Br)cc3)C2=O)c(OC)c1. The van der Waals surface area contributed by atoms with Crippen LogP contribution in [0.3, 0.4) is 0 Å². The number of hydrogen-bond donors (Lipinski definition) is 1. The van der Waals surface area contributed by atoms with Crippen molar-refractivity contribution >= 4 is 39.1 Å². The number of rotatable bonds is 5. The molecule has 3 rings (SSSR count). The van der Waals surface area contributed by atoms with Gasteiger partial charge in [0.05, 0.1) is 26.3 Å². The monoisotopic (exact) mass is 404 g/mol. The second-order valence-electron chi connectivity index (χ2n) is 5.51. The van der Waals surface area contributed by atoms with Gasteiger partial charge in [0, 0.05) is 16.2 Å². The molecule has 1 fully saturated rings. The molecular formula is C18H17BrN2O4. The maximum Gasteiger partial charge on any atom is 0.256 e. The van der Waals surface area contributed by atoms with E-state index in [4.69, 9.17) is 9.47 Å². The molecule has 1 saturated heterocycles. The first-order chi connectivity index (χ1) is 12.0. The minimum absolute atomic E-state index is 0.0874. The molecule has 0 radical (unpaired) electrons. The predicted octanol–water partition coefficient (Wildman–Crippen LogP) is 3.21. The van der Waals surface area contributed by atoms with Crippen molar-refractivity contribution < 1.29 is 19.1 Å². The Morgan fingerprint density at radius 1 is 1.08 bits per heavy atom. The van der Waals surface area contributed by atoms with Gasteiger partial charge in [-0.3, -0.25) is 9.59 Å². The number of imide groups is 1. The van der Waals surface area contributed by atoms with E-state index in [2.05, 4.69) is 21.2 Å².